The van der Waals surface area contributed by atoms with E-state index in [1.54, 1.807) is 13.2 Å². The summed E-state index contributed by atoms with van der Waals surface area (Å²) in [5, 5.41) is 3.55. The van der Waals surface area contributed by atoms with Crippen molar-refractivity contribution in [3.05, 3.63) is 71.3 Å². The van der Waals surface area contributed by atoms with Crippen molar-refractivity contribution in [3.63, 3.8) is 0 Å². The van der Waals surface area contributed by atoms with Gasteiger partial charge in [0.2, 0.25) is 0 Å². The van der Waals surface area contributed by atoms with Crippen molar-refractivity contribution in [3.8, 4) is 0 Å². The van der Waals surface area contributed by atoms with E-state index in [9.17, 15) is 4.79 Å². The molecule has 0 atom stereocenters. The van der Waals surface area contributed by atoms with Gasteiger partial charge in [0.25, 0.3) is 5.91 Å². The predicted molar refractivity (Wildman–Crippen MR) is 142 cm³/mol. The monoisotopic (exact) mass is 509 g/mol. The minimum absolute atomic E-state index is 0.188. The van der Waals surface area contributed by atoms with Crippen LogP contribution in [0.5, 0.6) is 0 Å². The largest absolute Gasteiger partial charge is 0.455 e. The lowest BCUT2D eigenvalue weighted by molar-refractivity contribution is 0.0920. The summed E-state index contributed by atoms with van der Waals surface area (Å²) in [4.78, 5) is 26.5. The van der Waals surface area contributed by atoms with Crippen molar-refractivity contribution >= 4 is 23.5 Å². The van der Waals surface area contributed by atoms with Gasteiger partial charge in [0, 0.05) is 52.4 Å². The van der Waals surface area contributed by atoms with Crippen LogP contribution < -0.4 is 10.2 Å². The number of nitrogens with zero attached hydrogens (tertiary/aromatic N) is 4. The summed E-state index contributed by atoms with van der Waals surface area (Å²) in [7, 11) is 1.67. The van der Waals surface area contributed by atoms with Gasteiger partial charge in [-0.05, 0) is 23.6 Å². The molecular weight excluding hydrogens is 474 g/mol. The third-order valence-electron chi connectivity index (χ3n) is 5.88. The Balaban J connectivity index is 1.36. The fraction of sp³-hybridized carbons (Fsp3) is 0.444. The van der Waals surface area contributed by atoms with Crippen molar-refractivity contribution in [2.24, 2.45) is 5.92 Å². The third kappa shape index (κ3) is 7.56. The first-order valence-electron chi connectivity index (χ1n) is 12.4. The molecule has 1 saturated heterocycles. The normalized spacial score (nSPS) is 14.4. The van der Waals surface area contributed by atoms with Crippen LogP contribution in [0.15, 0.2) is 58.1 Å². The van der Waals surface area contributed by atoms with Gasteiger partial charge >= 0.3 is 0 Å². The number of nitrogens with one attached hydrogen (secondary N) is 1. The average molecular weight is 510 g/mol. The summed E-state index contributed by atoms with van der Waals surface area (Å²) in [6, 6.07) is 16.2. The number of carbonyl (C=O) groups excluding carboxylic acids is 1. The van der Waals surface area contributed by atoms with Gasteiger partial charge in [-0.15, -0.1) is 0 Å². The number of furan rings is 1. The highest BCUT2D eigenvalue weighted by atomic mass is 32.2. The van der Waals surface area contributed by atoms with Gasteiger partial charge in [-0.25, -0.2) is 9.97 Å². The number of hydrogen-bond donors (Lipinski definition) is 1. The summed E-state index contributed by atoms with van der Waals surface area (Å²) in [6.07, 6.45) is 0. The highest BCUT2D eigenvalue weighted by Crippen LogP contribution is 2.25. The second-order valence-corrected chi connectivity index (χ2v) is 10.3. The van der Waals surface area contributed by atoms with Crippen LogP contribution in [0, 0.1) is 5.92 Å². The molecule has 2 aromatic heterocycles. The molecule has 1 amide bonds. The number of ether oxygens (including phenoxy) is 1. The van der Waals surface area contributed by atoms with E-state index in [1.165, 1.54) is 17.3 Å². The fourth-order valence-corrected chi connectivity index (χ4v) is 4.75. The third-order valence-corrected chi connectivity index (χ3v) is 6.75. The Morgan fingerprint density at radius 1 is 1.11 bits per heavy atom. The van der Waals surface area contributed by atoms with Gasteiger partial charge in [-0.1, -0.05) is 55.9 Å². The van der Waals surface area contributed by atoms with E-state index in [2.05, 4.69) is 64.3 Å². The Kier molecular flexibility index (Phi) is 9.38. The lowest BCUT2D eigenvalue weighted by atomic mass is 10.2. The van der Waals surface area contributed by atoms with Gasteiger partial charge in [-0.3, -0.25) is 9.69 Å². The molecule has 0 unspecified atom stereocenters. The van der Waals surface area contributed by atoms with Crippen LogP contribution in [0.1, 0.15) is 41.4 Å². The van der Waals surface area contributed by atoms with Crippen LogP contribution in [0.2, 0.25) is 0 Å². The van der Waals surface area contributed by atoms with Crippen molar-refractivity contribution in [2.45, 2.75) is 37.9 Å². The summed E-state index contributed by atoms with van der Waals surface area (Å²) < 4.78 is 11.1. The first-order valence-corrected chi connectivity index (χ1v) is 13.4. The van der Waals surface area contributed by atoms with E-state index in [0.29, 0.717) is 41.5 Å². The molecule has 1 aromatic carbocycles. The lowest BCUT2D eigenvalue weighted by Crippen LogP contribution is -2.46. The quantitative estimate of drug-likeness (QED) is 0.304. The smallest absolute Gasteiger partial charge is 0.287 e. The topological polar surface area (TPSA) is 83.7 Å². The van der Waals surface area contributed by atoms with Gasteiger partial charge in [-0.2, -0.15) is 0 Å². The van der Waals surface area contributed by atoms with E-state index in [0.717, 1.165) is 44.2 Å². The highest BCUT2D eigenvalue weighted by molar-refractivity contribution is 7.98. The van der Waals surface area contributed by atoms with Gasteiger partial charge in [0.1, 0.15) is 11.6 Å². The fourth-order valence-electron chi connectivity index (χ4n) is 3.98. The van der Waals surface area contributed by atoms with E-state index < -0.39 is 0 Å². The maximum absolute atomic E-state index is 12.2. The maximum atomic E-state index is 12.2. The van der Waals surface area contributed by atoms with Crippen LogP contribution >= 0.6 is 11.8 Å². The van der Waals surface area contributed by atoms with Crippen molar-refractivity contribution < 1.29 is 13.9 Å². The first-order chi connectivity index (χ1) is 17.5. The Labute approximate surface area is 217 Å². The van der Waals surface area contributed by atoms with Gasteiger partial charge in [0.05, 0.1) is 18.1 Å². The molecule has 8 nitrogen and oxygen atoms in total. The minimum Gasteiger partial charge on any atom is -0.455 e. The number of rotatable bonds is 11. The second-order valence-electron chi connectivity index (χ2n) is 9.34. The van der Waals surface area contributed by atoms with Crippen molar-refractivity contribution in [1.82, 2.24) is 20.2 Å². The van der Waals surface area contributed by atoms with Crippen LogP contribution in [-0.2, 0) is 23.6 Å². The molecule has 0 spiro atoms. The average Bonchev–Trinajstić information content (AvgIpc) is 3.36. The van der Waals surface area contributed by atoms with E-state index >= 15 is 0 Å². The summed E-state index contributed by atoms with van der Waals surface area (Å²) in [6.45, 7) is 9.91. The predicted octanol–water partition coefficient (Wildman–Crippen LogP) is 4.22. The number of methoxy groups -OCH3 is 1. The number of anilines is 1. The lowest BCUT2D eigenvalue weighted by Gasteiger charge is -2.35. The van der Waals surface area contributed by atoms with Crippen LogP contribution in [0.4, 0.5) is 5.82 Å². The number of thioether (sulfide) groups is 1. The molecule has 0 saturated carbocycles. The molecule has 1 fully saturated rings. The molecular formula is C27H35N5O3S. The molecule has 1 N–H and O–H groups in total. The summed E-state index contributed by atoms with van der Waals surface area (Å²) in [5.74, 6) is 2.70. The Hall–Kier alpha value is -2.88. The van der Waals surface area contributed by atoms with Crippen LogP contribution in [0.3, 0.4) is 0 Å². The zero-order valence-electron chi connectivity index (χ0n) is 21.3. The second kappa shape index (κ2) is 12.9. The van der Waals surface area contributed by atoms with Crippen LogP contribution in [0.25, 0.3) is 0 Å². The zero-order chi connectivity index (χ0) is 25.3. The molecule has 3 aromatic rings. The van der Waals surface area contributed by atoms with Crippen molar-refractivity contribution in [2.75, 3.05) is 44.7 Å². The van der Waals surface area contributed by atoms with E-state index in [1.807, 2.05) is 12.1 Å². The number of aromatic nitrogens is 2. The summed E-state index contributed by atoms with van der Waals surface area (Å²) in [5.41, 5.74) is 2.19. The number of amides is 1. The van der Waals surface area contributed by atoms with E-state index in [4.69, 9.17) is 14.1 Å². The summed E-state index contributed by atoms with van der Waals surface area (Å²) >= 11 is 1.50. The minimum atomic E-state index is -0.188. The zero-order valence-corrected chi connectivity index (χ0v) is 22.1. The van der Waals surface area contributed by atoms with Crippen LogP contribution in [-0.4, -0.2) is 60.6 Å². The molecule has 1 aliphatic rings. The van der Waals surface area contributed by atoms with E-state index in [-0.39, 0.29) is 5.91 Å². The number of carbonyl (C=O) groups is 1. The Morgan fingerprint density at radius 3 is 2.61 bits per heavy atom. The number of benzene rings is 1. The van der Waals surface area contributed by atoms with Gasteiger partial charge < -0.3 is 19.4 Å². The number of piperazine rings is 1. The maximum Gasteiger partial charge on any atom is 0.287 e. The number of hydrogen-bond acceptors (Lipinski definition) is 8. The SMILES string of the molecule is COCc1cc(N2CCN(Cc3ccccc3)CC2)nc(SCc2ccc(C(=O)NCC(C)C)o2)n1. The molecule has 4 rings (SSSR count). The van der Waals surface area contributed by atoms with Gasteiger partial charge in [0.15, 0.2) is 10.9 Å². The molecule has 36 heavy (non-hydrogen) atoms. The Bertz CT molecular complexity index is 1110. The molecule has 1 aliphatic heterocycles. The molecule has 0 bridgehead atoms. The molecule has 9 heteroatoms. The Morgan fingerprint density at radius 2 is 1.89 bits per heavy atom. The highest BCUT2D eigenvalue weighted by Gasteiger charge is 2.20. The van der Waals surface area contributed by atoms with Crippen molar-refractivity contribution in [1.29, 1.82) is 0 Å². The molecule has 0 radical (unpaired) electrons. The molecule has 3 heterocycles. The molecule has 0 aliphatic carbocycles. The standard InChI is InChI=1S/C27H35N5O3S/c1-20(2)16-28-26(33)24-10-9-23(35-24)19-36-27-29-22(18-34-3)15-25(30-27)32-13-11-31(12-14-32)17-21-7-5-4-6-8-21/h4-10,15,20H,11-14,16-19H2,1-3H3,(H,28,33). The first kappa shape index (κ1) is 26.2. The molecule has 192 valence electrons.